The van der Waals surface area contributed by atoms with Crippen LogP contribution in [0, 0.1) is 6.92 Å². The molecule has 0 saturated carbocycles. The molecular weight excluding hydrogens is 342 g/mol. The van der Waals surface area contributed by atoms with Crippen LogP contribution < -0.4 is 10.5 Å². The van der Waals surface area contributed by atoms with Crippen LogP contribution in [-0.4, -0.2) is 9.78 Å². The van der Waals surface area contributed by atoms with E-state index in [0.717, 1.165) is 27.2 Å². The molecule has 0 saturated heterocycles. The average Bonchev–Trinajstić information content (AvgIpc) is 2.61. The van der Waals surface area contributed by atoms with Gasteiger partial charge in [-0.2, -0.15) is 5.10 Å². The van der Waals surface area contributed by atoms with Crippen LogP contribution in [0.4, 0.5) is 0 Å². The van der Waals surface area contributed by atoms with Gasteiger partial charge in [0.15, 0.2) is 0 Å². The van der Waals surface area contributed by atoms with E-state index < -0.39 is 0 Å². The maximum Gasteiger partial charge on any atom is 0.131 e. The largest absolute Gasteiger partial charge is 0.487 e. The molecule has 20 heavy (non-hydrogen) atoms. The van der Waals surface area contributed by atoms with Crippen molar-refractivity contribution in [3.05, 3.63) is 44.6 Å². The third-order valence-corrected chi connectivity index (χ3v) is 4.08. The molecule has 2 rings (SSSR count). The van der Waals surface area contributed by atoms with E-state index in [1.165, 1.54) is 0 Å². The molecule has 0 fully saturated rings. The van der Waals surface area contributed by atoms with Crippen LogP contribution in [-0.2, 0) is 13.7 Å². The zero-order valence-electron chi connectivity index (χ0n) is 11.7. The van der Waals surface area contributed by atoms with Crippen molar-refractivity contribution in [2.24, 2.45) is 12.8 Å². The molecule has 0 aliphatic rings. The van der Waals surface area contributed by atoms with Gasteiger partial charge in [-0.05, 0) is 26.0 Å². The van der Waals surface area contributed by atoms with Gasteiger partial charge < -0.3 is 10.5 Å². The van der Waals surface area contributed by atoms with Crippen molar-refractivity contribution in [1.82, 2.24) is 9.78 Å². The summed E-state index contributed by atoms with van der Waals surface area (Å²) in [4.78, 5) is 0. The maximum atomic E-state index is 6.22. The Bertz CT molecular complexity index is 625. The fourth-order valence-electron chi connectivity index (χ4n) is 1.99. The summed E-state index contributed by atoms with van der Waals surface area (Å²) in [5, 5.41) is 4.91. The number of benzene rings is 1. The van der Waals surface area contributed by atoms with E-state index in [1.54, 1.807) is 4.68 Å². The van der Waals surface area contributed by atoms with Crippen molar-refractivity contribution in [2.45, 2.75) is 26.5 Å². The van der Waals surface area contributed by atoms with E-state index in [-0.39, 0.29) is 6.04 Å². The van der Waals surface area contributed by atoms with Crippen molar-refractivity contribution in [3.63, 3.8) is 0 Å². The van der Waals surface area contributed by atoms with Crippen molar-refractivity contribution in [1.29, 1.82) is 0 Å². The normalized spacial score (nSPS) is 12.5. The number of nitrogens with two attached hydrogens (primary N) is 1. The minimum atomic E-state index is -0.0955. The lowest BCUT2D eigenvalue weighted by molar-refractivity contribution is 0.290. The van der Waals surface area contributed by atoms with E-state index in [4.69, 9.17) is 22.1 Å². The molecule has 1 heterocycles. The van der Waals surface area contributed by atoms with Gasteiger partial charge in [-0.25, -0.2) is 0 Å². The van der Waals surface area contributed by atoms with Gasteiger partial charge in [0.2, 0.25) is 0 Å². The molecule has 108 valence electrons. The third kappa shape index (κ3) is 3.16. The van der Waals surface area contributed by atoms with Crippen molar-refractivity contribution in [2.75, 3.05) is 0 Å². The van der Waals surface area contributed by atoms with Crippen LogP contribution in [0.25, 0.3) is 0 Å². The molecule has 0 spiro atoms. The monoisotopic (exact) mass is 357 g/mol. The topological polar surface area (TPSA) is 53.1 Å². The number of hydrogen-bond donors (Lipinski definition) is 1. The quantitative estimate of drug-likeness (QED) is 0.905. The summed E-state index contributed by atoms with van der Waals surface area (Å²) >= 11 is 9.66. The van der Waals surface area contributed by atoms with E-state index in [1.807, 2.05) is 39.1 Å². The maximum absolute atomic E-state index is 6.22. The number of ether oxygens (including phenoxy) is 1. The van der Waals surface area contributed by atoms with Gasteiger partial charge in [-0.15, -0.1) is 0 Å². The highest BCUT2D eigenvalue weighted by Gasteiger charge is 2.14. The molecule has 0 aliphatic carbocycles. The molecule has 1 aromatic heterocycles. The molecule has 2 aromatic rings. The highest BCUT2D eigenvalue weighted by atomic mass is 79.9. The Labute approximate surface area is 132 Å². The molecular formula is C14H17BrClN3O. The van der Waals surface area contributed by atoms with Gasteiger partial charge in [-0.3, -0.25) is 4.68 Å². The Kier molecular flexibility index (Phi) is 4.73. The SMILES string of the molecule is Cc1nn(C)c(COc2cc(Br)ccc2[C@@H](C)N)c1Cl. The molecule has 0 bridgehead atoms. The van der Waals surface area contributed by atoms with Crippen LogP contribution in [0.2, 0.25) is 5.02 Å². The molecule has 1 aromatic carbocycles. The number of aromatic nitrogens is 2. The summed E-state index contributed by atoms with van der Waals surface area (Å²) in [6.07, 6.45) is 0. The molecule has 4 nitrogen and oxygen atoms in total. The highest BCUT2D eigenvalue weighted by Crippen LogP contribution is 2.29. The van der Waals surface area contributed by atoms with Crippen LogP contribution in [0.1, 0.15) is 29.9 Å². The first-order valence-corrected chi connectivity index (χ1v) is 7.43. The van der Waals surface area contributed by atoms with Crippen molar-refractivity contribution in [3.8, 4) is 5.75 Å². The lowest BCUT2D eigenvalue weighted by Crippen LogP contribution is -2.09. The van der Waals surface area contributed by atoms with Crippen LogP contribution in [0.5, 0.6) is 5.75 Å². The van der Waals surface area contributed by atoms with Gasteiger partial charge in [0, 0.05) is 23.1 Å². The lowest BCUT2D eigenvalue weighted by Gasteiger charge is -2.14. The zero-order chi connectivity index (χ0) is 14.9. The first kappa shape index (κ1) is 15.4. The molecule has 0 radical (unpaired) electrons. The predicted molar refractivity (Wildman–Crippen MR) is 84.0 cm³/mol. The van der Waals surface area contributed by atoms with Gasteiger partial charge in [0.1, 0.15) is 12.4 Å². The summed E-state index contributed by atoms with van der Waals surface area (Å²) in [6.45, 7) is 4.15. The van der Waals surface area contributed by atoms with Crippen LogP contribution in [0.3, 0.4) is 0 Å². The molecule has 0 unspecified atom stereocenters. The summed E-state index contributed by atoms with van der Waals surface area (Å²) < 4.78 is 8.57. The van der Waals surface area contributed by atoms with E-state index in [9.17, 15) is 0 Å². The second-order valence-electron chi connectivity index (χ2n) is 4.73. The Balaban J connectivity index is 2.24. The smallest absolute Gasteiger partial charge is 0.131 e. The van der Waals surface area contributed by atoms with Gasteiger partial charge >= 0.3 is 0 Å². The van der Waals surface area contributed by atoms with E-state index >= 15 is 0 Å². The summed E-state index contributed by atoms with van der Waals surface area (Å²) in [5.74, 6) is 0.754. The molecule has 1 atom stereocenters. The minimum absolute atomic E-state index is 0.0955. The zero-order valence-corrected chi connectivity index (χ0v) is 14.0. The number of aryl methyl sites for hydroxylation is 2. The minimum Gasteiger partial charge on any atom is -0.487 e. The fraction of sp³-hybridized carbons (Fsp3) is 0.357. The second-order valence-corrected chi connectivity index (χ2v) is 6.02. The molecule has 0 amide bonds. The predicted octanol–water partition coefficient (Wildman–Crippen LogP) is 3.74. The van der Waals surface area contributed by atoms with Gasteiger partial charge in [0.05, 0.1) is 16.4 Å². The Morgan fingerprint density at radius 3 is 2.75 bits per heavy atom. The van der Waals surface area contributed by atoms with Gasteiger partial charge in [0.25, 0.3) is 0 Å². The highest BCUT2D eigenvalue weighted by molar-refractivity contribution is 9.10. The Hall–Kier alpha value is -1.04. The molecule has 2 N–H and O–H groups in total. The third-order valence-electron chi connectivity index (χ3n) is 3.09. The lowest BCUT2D eigenvalue weighted by atomic mass is 10.1. The van der Waals surface area contributed by atoms with E-state index in [0.29, 0.717) is 11.6 Å². The first-order chi connectivity index (χ1) is 9.40. The Morgan fingerprint density at radius 2 is 2.20 bits per heavy atom. The standard InChI is InChI=1S/C14H17BrClN3O/c1-8(17)11-5-4-10(15)6-13(11)20-7-12-14(16)9(2)18-19(12)3/h4-6,8H,7,17H2,1-3H3/t8-/m1/s1. The Morgan fingerprint density at radius 1 is 1.50 bits per heavy atom. The second kappa shape index (κ2) is 6.16. The number of halogens is 2. The number of nitrogens with zero attached hydrogens (tertiary/aromatic N) is 2. The van der Waals surface area contributed by atoms with Crippen molar-refractivity contribution < 1.29 is 4.74 Å². The first-order valence-electron chi connectivity index (χ1n) is 6.26. The summed E-state index contributed by atoms with van der Waals surface area (Å²) in [5.41, 5.74) is 8.57. The molecule has 6 heteroatoms. The summed E-state index contributed by atoms with van der Waals surface area (Å²) in [6, 6.07) is 5.73. The number of hydrogen-bond acceptors (Lipinski definition) is 3. The average molecular weight is 359 g/mol. The summed E-state index contributed by atoms with van der Waals surface area (Å²) in [7, 11) is 1.85. The van der Waals surface area contributed by atoms with E-state index in [2.05, 4.69) is 21.0 Å². The molecule has 0 aliphatic heterocycles. The number of rotatable bonds is 4. The van der Waals surface area contributed by atoms with Gasteiger partial charge in [-0.1, -0.05) is 33.6 Å². The van der Waals surface area contributed by atoms with Crippen molar-refractivity contribution >= 4 is 27.5 Å². The fourth-order valence-corrected chi connectivity index (χ4v) is 2.55. The van der Waals surface area contributed by atoms with Crippen LogP contribution in [0.15, 0.2) is 22.7 Å². The van der Waals surface area contributed by atoms with Crippen LogP contribution >= 0.6 is 27.5 Å².